The summed E-state index contributed by atoms with van der Waals surface area (Å²) in [5.41, 5.74) is 0. The molecule has 0 aromatic rings. The third-order valence-electron chi connectivity index (χ3n) is 0.819. The zero-order chi connectivity index (χ0) is 8.04. The van der Waals surface area contributed by atoms with Gasteiger partial charge in [-0.1, -0.05) is 6.92 Å². The van der Waals surface area contributed by atoms with Crippen LogP contribution in [0, 0.1) is 6.92 Å². The molecule has 0 N–H and O–H groups in total. The van der Waals surface area contributed by atoms with E-state index >= 15 is 0 Å². The van der Waals surface area contributed by atoms with Gasteiger partial charge in [0.2, 0.25) is 0 Å². The lowest BCUT2D eigenvalue weighted by Gasteiger charge is -2.03. The summed E-state index contributed by atoms with van der Waals surface area (Å²) < 4.78 is 34.4. The van der Waals surface area contributed by atoms with Gasteiger partial charge in [-0.2, -0.15) is 24.9 Å². The van der Waals surface area contributed by atoms with Crippen molar-refractivity contribution in [2.45, 2.75) is 19.0 Å². The minimum Gasteiger partial charge on any atom is -0.171 e. The summed E-state index contributed by atoms with van der Waals surface area (Å²) in [6, 6.07) is 0. The van der Waals surface area contributed by atoms with Crippen molar-refractivity contribution in [3.63, 3.8) is 0 Å². The smallest absolute Gasteiger partial charge is 0.171 e. The quantitative estimate of drug-likeness (QED) is 0.586. The molecule has 10 heavy (non-hydrogen) atoms. The van der Waals surface area contributed by atoms with E-state index in [1.165, 1.54) is 11.8 Å². The Hall–Kier alpha value is 0.140. The summed E-state index contributed by atoms with van der Waals surface area (Å²) in [5.74, 6) is 0.884. The van der Waals surface area contributed by atoms with Crippen molar-refractivity contribution in [3.05, 3.63) is 6.92 Å². The maximum Gasteiger partial charge on any atom is 0.389 e. The monoisotopic (exact) mass is 171 g/mol. The van der Waals surface area contributed by atoms with Gasteiger partial charge in [0, 0.05) is 5.75 Å². The van der Waals surface area contributed by atoms with Gasteiger partial charge in [0.25, 0.3) is 0 Å². The molecule has 0 aromatic heterocycles. The molecule has 0 aliphatic rings. The highest BCUT2D eigenvalue weighted by Gasteiger charge is 2.25. The Bertz CT molecular complexity index is 79.6. The second kappa shape index (κ2) is 4.88. The predicted octanol–water partition coefficient (Wildman–Crippen LogP) is 2.90. The summed E-state index contributed by atoms with van der Waals surface area (Å²) in [7, 11) is 0. The first kappa shape index (κ1) is 10.1. The van der Waals surface area contributed by atoms with Gasteiger partial charge in [-0.25, -0.2) is 0 Å². The Labute approximate surface area is 63.2 Å². The third-order valence-corrected chi connectivity index (χ3v) is 1.89. The van der Waals surface area contributed by atoms with E-state index < -0.39 is 12.6 Å². The molecule has 1 radical (unpaired) electrons. The van der Waals surface area contributed by atoms with Gasteiger partial charge >= 0.3 is 6.18 Å². The molecular weight excluding hydrogens is 161 g/mol. The summed E-state index contributed by atoms with van der Waals surface area (Å²) in [4.78, 5) is 0. The van der Waals surface area contributed by atoms with E-state index in [0.29, 0.717) is 6.42 Å². The van der Waals surface area contributed by atoms with Crippen LogP contribution < -0.4 is 0 Å². The molecule has 0 aliphatic heterocycles. The molecule has 0 saturated heterocycles. The van der Waals surface area contributed by atoms with Crippen molar-refractivity contribution in [1.82, 2.24) is 0 Å². The zero-order valence-electron chi connectivity index (χ0n) is 5.58. The Morgan fingerprint density at radius 3 is 2.20 bits per heavy atom. The number of thioether (sulfide) groups is 1. The van der Waals surface area contributed by atoms with Gasteiger partial charge in [-0.3, -0.25) is 0 Å². The normalized spacial score (nSPS) is 12.0. The second-order valence-electron chi connectivity index (χ2n) is 1.83. The molecule has 0 bridgehead atoms. The van der Waals surface area contributed by atoms with Gasteiger partial charge in [-0.05, 0) is 12.2 Å². The topological polar surface area (TPSA) is 0 Å². The highest BCUT2D eigenvalue weighted by Crippen LogP contribution is 2.21. The first-order valence-electron chi connectivity index (χ1n) is 3.00. The highest BCUT2D eigenvalue weighted by molar-refractivity contribution is 7.99. The summed E-state index contributed by atoms with van der Waals surface area (Å²) in [6.45, 7) is 3.52. The van der Waals surface area contributed by atoms with Crippen LogP contribution in [-0.2, 0) is 0 Å². The average Bonchev–Trinajstić information content (AvgIpc) is 1.78. The number of hydrogen-bond donors (Lipinski definition) is 0. The standard InChI is InChI=1S/C6H10F3S/c1-2-4-10-5-3-6(7,8)9/h1-5H2. The van der Waals surface area contributed by atoms with E-state index in [9.17, 15) is 13.2 Å². The predicted molar refractivity (Wildman–Crippen MR) is 38.0 cm³/mol. The first-order valence-corrected chi connectivity index (χ1v) is 4.15. The van der Waals surface area contributed by atoms with Gasteiger partial charge < -0.3 is 0 Å². The van der Waals surface area contributed by atoms with Crippen LogP contribution in [-0.4, -0.2) is 17.7 Å². The van der Waals surface area contributed by atoms with E-state index in [1.807, 2.05) is 0 Å². The van der Waals surface area contributed by atoms with Crippen molar-refractivity contribution in [2.24, 2.45) is 0 Å². The molecule has 0 saturated carbocycles. The number of halogens is 3. The molecule has 0 nitrogen and oxygen atoms in total. The van der Waals surface area contributed by atoms with E-state index in [4.69, 9.17) is 0 Å². The lowest BCUT2D eigenvalue weighted by Crippen LogP contribution is -2.08. The van der Waals surface area contributed by atoms with E-state index in [1.54, 1.807) is 0 Å². The molecule has 0 amide bonds. The molecule has 0 spiro atoms. The van der Waals surface area contributed by atoms with Crippen molar-refractivity contribution < 1.29 is 13.2 Å². The Kier molecular flexibility index (Phi) is 4.95. The van der Waals surface area contributed by atoms with Gasteiger partial charge in [0.1, 0.15) is 0 Å². The Morgan fingerprint density at radius 2 is 1.80 bits per heavy atom. The van der Waals surface area contributed by atoms with Crippen LogP contribution in [0.5, 0.6) is 0 Å². The lowest BCUT2D eigenvalue weighted by atomic mass is 10.5. The van der Waals surface area contributed by atoms with Crippen LogP contribution in [0.25, 0.3) is 0 Å². The number of alkyl halides is 3. The molecule has 61 valence electrons. The molecule has 0 unspecified atom stereocenters. The number of hydrogen-bond acceptors (Lipinski definition) is 1. The number of rotatable bonds is 4. The zero-order valence-corrected chi connectivity index (χ0v) is 6.39. The Balaban J connectivity index is 3.04. The fraction of sp³-hybridized carbons (Fsp3) is 0.833. The van der Waals surface area contributed by atoms with Gasteiger partial charge in [-0.15, -0.1) is 0 Å². The molecule has 0 rings (SSSR count). The maximum absolute atomic E-state index is 11.5. The minimum absolute atomic E-state index is 0.166. The average molecular weight is 171 g/mol. The van der Waals surface area contributed by atoms with E-state index in [2.05, 4.69) is 6.92 Å². The minimum atomic E-state index is -3.99. The molecule has 4 heteroatoms. The Morgan fingerprint density at radius 1 is 1.20 bits per heavy atom. The molecule has 0 aliphatic carbocycles. The van der Waals surface area contributed by atoms with Crippen LogP contribution in [0.3, 0.4) is 0 Å². The van der Waals surface area contributed by atoms with Crippen molar-refractivity contribution in [2.75, 3.05) is 11.5 Å². The largest absolute Gasteiger partial charge is 0.389 e. The maximum atomic E-state index is 11.5. The van der Waals surface area contributed by atoms with E-state index in [-0.39, 0.29) is 5.75 Å². The van der Waals surface area contributed by atoms with Crippen LogP contribution in [0.1, 0.15) is 12.8 Å². The van der Waals surface area contributed by atoms with Crippen LogP contribution in [0.15, 0.2) is 0 Å². The fourth-order valence-electron chi connectivity index (χ4n) is 0.392. The van der Waals surface area contributed by atoms with Crippen LogP contribution in [0.2, 0.25) is 0 Å². The molecule has 0 heterocycles. The SMILES string of the molecule is [CH2]CCSCCC(F)(F)F. The summed E-state index contributed by atoms with van der Waals surface area (Å²) in [5, 5.41) is 0. The third kappa shape index (κ3) is 8.14. The van der Waals surface area contributed by atoms with E-state index in [0.717, 1.165) is 5.75 Å². The van der Waals surface area contributed by atoms with Crippen LogP contribution >= 0.6 is 11.8 Å². The summed E-state index contributed by atoms with van der Waals surface area (Å²) in [6.07, 6.45) is -3.98. The van der Waals surface area contributed by atoms with Crippen LogP contribution in [0.4, 0.5) is 13.2 Å². The van der Waals surface area contributed by atoms with Gasteiger partial charge in [0.15, 0.2) is 0 Å². The van der Waals surface area contributed by atoms with Crippen molar-refractivity contribution in [1.29, 1.82) is 0 Å². The lowest BCUT2D eigenvalue weighted by molar-refractivity contribution is -0.129. The summed E-state index contributed by atoms with van der Waals surface area (Å²) >= 11 is 1.30. The highest BCUT2D eigenvalue weighted by atomic mass is 32.2. The van der Waals surface area contributed by atoms with Crippen molar-refractivity contribution in [3.8, 4) is 0 Å². The molecular formula is C6H10F3S. The van der Waals surface area contributed by atoms with Crippen molar-refractivity contribution >= 4 is 11.8 Å². The molecule has 0 atom stereocenters. The fourth-order valence-corrected chi connectivity index (χ4v) is 1.18. The van der Waals surface area contributed by atoms with Gasteiger partial charge in [0.05, 0.1) is 6.42 Å². The first-order chi connectivity index (χ1) is 4.56. The molecule has 0 fully saturated rings. The second-order valence-corrected chi connectivity index (χ2v) is 3.06. The molecule has 0 aromatic carbocycles.